The van der Waals surface area contributed by atoms with Crippen LogP contribution in [0.1, 0.15) is 23.0 Å². The Kier molecular flexibility index (Phi) is 7.43. The number of aromatic nitrogens is 2. The molecule has 8 nitrogen and oxygen atoms in total. The predicted octanol–water partition coefficient (Wildman–Crippen LogP) is 3.61. The van der Waals surface area contributed by atoms with Crippen LogP contribution in [0.3, 0.4) is 0 Å². The van der Waals surface area contributed by atoms with Gasteiger partial charge < -0.3 is 10.6 Å². The summed E-state index contributed by atoms with van der Waals surface area (Å²) in [5.41, 5.74) is 2.48. The summed E-state index contributed by atoms with van der Waals surface area (Å²) in [5, 5.41) is 6.47. The maximum absolute atomic E-state index is 12.4. The molecule has 0 radical (unpaired) electrons. The first-order valence-electron chi connectivity index (χ1n) is 9.58. The fourth-order valence-corrected chi connectivity index (χ4v) is 3.38. The molecule has 162 valence electrons. The molecule has 0 unspecified atom stereocenters. The number of carbonyl (C=O) groups is 1. The molecule has 0 bridgehead atoms. The van der Waals surface area contributed by atoms with Crippen LogP contribution >= 0.6 is 11.6 Å². The van der Waals surface area contributed by atoms with Gasteiger partial charge in [-0.25, -0.2) is 18.4 Å². The van der Waals surface area contributed by atoms with Gasteiger partial charge in [-0.2, -0.15) is 0 Å². The molecule has 0 fully saturated rings. The van der Waals surface area contributed by atoms with Crippen molar-refractivity contribution in [3.63, 3.8) is 0 Å². The summed E-state index contributed by atoms with van der Waals surface area (Å²) in [5.74, 6) is 0.00906. The number of anilines is 3. The quantitative estimate of drug-likeness (QED) is 0.450. The van der Waals surface area contributed by atoms with Crippen molar-refractivity contribution >= 4 is 44.9 Å². The van der Waals surface area contributed by atoms with Gasteiger partial charge in [0.05, 0.1) is 5.75 Å². The fourth-order valence-electron chi connectivity index (χ4n) is 2.61. The van der Waals surface area contributed by atoms with E-state index in [9.17, 15) is 13.2 Å². The Hall–Kier alpha value is -3.17. The van der Waals surface area contributed by atoms with Crippen molar-refractivity contribution < 1.29 is 13.2 Å². The van der Waals surface area contributed by atoms with E-state index in [1.54, 1.807) is 43.3 Å². The first-order valence-corrected chi connectivity index (χ1v) is 11.6. The van der Waals surface area contributed by atoms with E-state index in [1.165, 1.54) is 12.3 Å². The molecule has 2 aromatic carbocycles. The lowest BCUT2D eigenvalue weighted by Gasteiger charge is -2.09. The molecule has 3 rings (SSSR count). The van der Waals surface area contributed by atoms with Gasteiger partial charge in [-0.05, 0) is 61.4 Å². The average Bonchev–Trinajstić information content (AvgIpc) is 2.76. The summed E-state index contributed by atoms with van der Waals surface area (Å²) in [4.78, 5) is 20.8. The van der Waals surface area contributed by atoms with E-state index in [1.807, 2.05) is 12.1 Å². The van der Waals surface area contributed by atoms with E-state index in [0.29, 0.717) is 29.6 Å². The number of rotatable bonds is 9. The molecule has 0 spiro atoms. The maximum atomic E-state index is 12.4. The normalized spacial score (nSPS) is 11.0. The smallest absolute Gasteiger partial charge is 0.270 e. The van der Waals surface area contributed by atoms with Crippen LogP contribution in [-0.2, 0) is 16.4 Å². The van der Waals surface area contributed by atoms with E-state index >= 15 is 0 Å². The number of sulfonamides is 1. The van der Waals surface area contributed by atoms with Gasteiger partial charge in [-0.3, -0.25) is 9.52 Å². The Morgan fingerprint density at radius 3 is 2.35 bits per heavy atom. The van der Waals surface area contributed by atoms with Crippen molar-refractivity contribution in [3.8, 4) is 0 Å². The highest BCUT2D eigenvalue weighted by Crippen LogP contribution is 2.16. The van der Waals surface area contributed by atoms with Gasteiger partial charge in [0.25, 0.3) is 5.91 Å². The number of amides is 1. The number of hydrogen-bond acceptors (Lipinski definition) is 6. The molecule has 0 aliphatic heterocycles. The summed E-state index contributed by atoms with van der Waals surface area (Å²) < 4.78 is 25.7. The predicted molar refractivity (Wildman–Crippen MR) is 122 cm³/mol. The lowest BCUT2D eigenvalue weighted by Crippen LogP contribution is -2.26. The topological polar surface area (TPSA) is 113 Å². The summed E-state index contributed by atoms with van der Waals surface area (Å²) in [6.07, 6.45) is 2.10. The lowest BCUT2D eigenvalue weighted by molar-refractivity contribution is 0.0949. The number of carbonyl (C=O) groups excluding carboxylic acids is 1. The second-order valence-electron chi connectivity index (χ2n) is 6.61. The Labute approximate surface area is 186 Å². The monoisotopic (exact) mass is 459 g/mol. The van der Waals surface area contributed by atoms with E-state index < -0.39 is 10.0 Å². The van der Waals surface area contributed by atoms with Crippen molar-refractivity contribution in [2.24, 2.45) is 0 Å². The van der Waals surface area contributed by atoms with E-state index in [2.05, 4.69) is 25.3 Å². The molecule has 0 aliphatic rings. The van der Waals surface area contributed by atoms with E-state index in [-0.39, 0.29) is 17.4 Å². The van der Waals surface area contributed by atoms with Crippen LogP contribution in [0, 0.1) is 0 Å². The zero-order chi connectivity index (χ0) is 22.3. The minimum Gasteiger partial charge on any atom is -0.350 e. The lowest BCUT2D eigenvalue weighted by atomic mass is 10.1. The molecular weight excluding hydrogens is 438 g/mol. The summed E-state index contributed by atoms with van der Waals surface area (Å²) >= 11 is 5.87. The third kappa shape index (κ3) is 6.94. The van der Waals surface area contributed by atoms with Gasteiger partial charge in [0.2, 0.25) is 16.0 Å². The SMILES string of the molecule is CCS(=O)(=O)Nc1ccc(CCNC(=O)c2ccnc(Nc3ccc(Cl)cc3)n2)cc1. The molecule has 3 aromatic rings. The van der Waals surface area contributed by atoms with Crippen LogP contribution < -0.4 is 15.4 Å². The number of halogens is 1. The first kappa shape index (κ1) is 22.5. The largest absolute Gasteiger partial charge is 0.350 e. The van der Waals surface area contributed by atoms with Crippen molar-refractivity contribution in [2.75, 3.05) is 22.3 Å². The number of hydrogen-bond donors (Lipinski definition) is 3. The molecule has 3 N–H and O–H groups in total. The summed E-state index contributed by atoms with van der Waals surface area (Å²) in [7, 11) is -3.30. The third-order valence-corrected chi connectivity index (χ3v) is 5.85. The van der Waals surface area contributed by atoms with Crippen molar-refractivity contribution in [1.82, 2.24) is 15.3 Å². The van der Waals surface area contributed by atoms with E-state index in [0.717, 1.165) is 11.3 Å². The van der Waals surface area contributed by atoms with Gasteiger partial charge in [-0.15, -0.1) is 0 Å². The zero-order valence-corrected chi connectivity index (χ0v) is 18.4. The van der Waals surface area contributed by atoms with E-state index in [4.69, 9.17) is 11.6 Å². The Balaban J connectivity index is 1.52. The maximum Gasteiger partial charge on any atom is 0.270 e. The fraction of sp³-hybridized carbons (Fsp3) is 0.190. The molecule has 10 heteroatoms. The second kappa shape index (κ2) is 10.2. The Morgan fingerprint density at radius 1 is 1.00 bits per heavy atom. The molecular formula is C21H22ClN5O3S. The average molecular weight is 460 g/mol. The number of benzene rings is 2. The van der Waals surface area contributed by atoms with Gasteiger partial charge >= 0.3 is 0 Å². The minimum absolute atomic E-state index is 0.0146. The molecule has 0 saturated heterocycles. The number of nitrogens with zero attached hydrogens (tertiary/aromatic N) is 2. The molecule has 1 amide bonds. The minimum atomic E-state index is -3.30. The van der Waals surface area contributed by atoms with Crippen LogP contribution in [0.4, 0.5) is 17.3 Å². The van der Waals surface area contributed by atoms with Gasteiger partial charge in [0.1, 0.15) is 5.69 Å². The Morgan fingerprint density at radius 2 is 1.68 bits per heavy atom. The molecule has 0 atom stereocenters. The molecule has 31 heavy (non-hydrogen) atoms. The summed E-state index contributed by atoms with van der Waals surface area (Å²) in [6, 6.07) is 15.6. The second-order valence-corrected chi connectivity index (χ2v) is 9.05. The van der Waals surface area contributed by atoms with Crippen LogP contribution in [0.15, 0.2) is 60.8 Å². The van der Waals surface area contributed by atoms with Crippen LogP contribution in [0.5, 0.6) is 0 Å². The molecule has 0 aliphatic carbocycles. The highest BCUT2D eigenvalue weighted by Gasteiger charge is 2.09. The third-order valence-electron chi connectivity index (χ3n) is 4.30. The zero-order valence-electron chi connectivity index (χ0n) is 16.8. The standard InChI is InChI=1S/C21H22ClN5O3S/c1-2-31(29,30)27-18-7-3-15(4-8-18)11-13-23-20(28)19-12-14-24-21(26-19)25-17-9-5-16(22)6-10-17/h3-10,12,14,27H,2,11,13H2,1H3,(H,23,28)(H,24,25,26). The van der Waals surface area contributed by atoms with Crippen molar-refractivity contribution in [2.45, 2.75) is 13.3 Å². The number of nitrogens with one attached hydrogen (secondary N) is 3. The molecule has 1 heterocycles. The van der Waals surface area contributed by atoms with Gasteiger partial charge in [-0.1, -0.05) is 23.7 Å². The first-order chi connectivity index (χ1) is 14.8. The van der Waals surface area contributed by atoms with Gasteiger partial charge in [0.15, 0.2) is 0 Å². The summed E-state index contributed by atoms with van der Waals surface area (Å²) in [6.45, 7) is 1.98. The molecule has 0 saturated carbocycles. The van der Waals surface area contributed by atoms with Crippen molar-refractivity contribution in [3.05, 3.63) is 77.1 Å². The van der Waals surface area contributed by atoms with Gasteiger partial charge in [0, 0.05) is 29.1 Å². The highest BCUT2D eigenvalue weighted by atomic mass is 35.5. The van der Waals surface area contributed by atoms with Crippen LogP contribution in [0.2, 0.25) is 5.02 Å². The highest BCUT2D eigenvalue weighted by molar-refractivity contribution is 7.92. The van der Waals surface area contributed by atoms with Crippen molar-refractivity contribution in [1.29, 1.82) is 0 Å². The van der Waals surface area contributed by atoms with Crippen LogP contribution in [0.25, 0.3) is 0 Å². The Bertz CT molecular complexity index is 1140. The molecule has 1 aromatic heterocycles. The van der Waals surface area contributed by atoms with Crippen LogP contribution in [-0.4, -0.2) is 36.6 Å².